The Kier molecular flexibility index (Phi) is 3.64. The molecule has 1 saturated heterocycles. The Morgan fingerprint density at radius 3 is 2.65 bits per heavy atom. The van der Waals surface area contributed by atoms with Crippen LogP contribution in [0.4, 0.5) is 0 Å². The molecule has 1 fully saturated rings. The molecule has 17 heavy (non-hydrogen) atoms. The van der Waals surface area contributed by atoms with Gasteiger partial charge in [-0.05, 0) is 5.56 Å². The summed E-state index contributed by atoms with van der Waals surface area (Å²) in [4.78, 5) is 8.70. The molecule has 1 atom stereocenters. The zero-order valence-corrected chi connectivity index (χ0v) is 10.4. The van der Waals surface area contributed by atoms with Crippen LogP contribution in [0.5, 0.6) is 0 Å². The van der Waals surface area contributed by atoms with Gasteiger partial charge in [-0.3, -0.25) is 4.99 Å². The summed E-state index contributed by atoms with van der Waals surface area (Å²) in [5.41, 5.74) is 1.30. The van der Waals surface area contributed by atoms with E-state index >= 15 is 0 Å². The third-order valence-corrected chi connectivity index (χ3v) is 3.11. The van der Waals surface area contributed by atoms with Gasteiger partial charge in [0.1, 0.15) is 0 Å². The summed E-state index contributed by atoms with van der Waals surface area (Å²) in [6.45, 7) is 1.50. The van der Waals surface area contributed by atoms with Crippen molar-refractivity contribution in [3.8, 4) is 0 Å². The van der Waals surface area contributed by atoms with Crippen LogP contribution in [-0.2, 0) is 0 Å². The summed E-state index contributed by atoms with van der Waals surface area (Å²) in [6.07, 6.45) is 0. The predicted molar refractivity (Wildman–Crippen MR) is 69.0 cm³/mol. The summed E-state index contributed by atoms with van der Waals surface area (Å²) < 4.78 is 0. The van der Waals surface area contributed by atoms with Crippen LogP contribution >= 0.6 is 0 Å². The van der Waals surface area contributed by atoms with E-state index in [1.165, 1.54) is 5.56 Å². The first-order valence-corrected chi connectivity index (χ1v) is 5.88. The van der Waals surface area contributed by atoms with Crippen LogP contribution in [0.25, 0.3) is 0 Å². The van der Waals surface area contributed by atoms with E-state index in [0.29, 0.717) is 12.6 Å². The molecule has 1 heterocycles. The zero-order chi connectivity index (χ0) is 12.3. The normalized spacial score (nSPS) is 22.5. The second-order valence-corrected chi connectivity index (χ2v) is 4.32. The average molecular weight is 233 g/mol. The van der Waals surface area contributed by atoms with Gasteiger partial charge < -0.3 is 14.9 Å². The summed E-state index contributed by atoms with van der Waals surface area (Å²) in [5.74, 6) is 0.952. The standard InChI is InChI=1S/C13H19N3O/c1-15-10-12(11-6-4-3-5-7-11)16(2)13(15)14-8-9-17/h3-7,12,17H,8-10H2,1-2H3/t12-/m1/s1. The molecule has 0 radical (unpaired) electrons. The number of aliphatic hydroxyl groups is 1. The van der Waals surface area contributed by atoms with Gasteiger partial charge in [0.15, 0.2) is 5.96 Å². The Balaban J connectivity index is 2.18. The molecule has 1 aliphatic heterocycles. The van der Waals surface area contributed by atoms with E-state index in [2.05, 4.69) is 46.1 Å². The first kappa shape index (κ1) is 11.9. The molecule has 0 saturated carbocycles. The lowest BCUT2D eigenvalue weighted by Gasteiger charge is -2.20. The van der Waals surface area contributed by atoms with Gasteiger partial charge in [0.25, 0.3) is 0 Å². The van der Waals surface area contributed by atoms with Gasteiger partial charge in [0.2, 0.25) is 0 Å². The molecule has 0 amide bonds. The SMILES string of the molecule is CN1C[C@H](c2ccccc2)N(C)C1=NCCO. The fourth-order valence-electron chi connectivity index (χ4n) is 2.26. The lowest BCUT2D eigenvalue weighted by atomic mass is 10.1. The maximum absolute atomic E-state index is 8.84. The van der Waals surface area contributed by atoms with E-state index in [-0.39, 0.29) is 6.61 Å². The van der Waals surface area contributed by atoms with E-state index in [0.717, 1.165) is 12.5 Å². The number of hydrogen-bond acceptors (Lipinski definition) is 2. The number of rotatable bonds is 3. The topological polar surface area (TPSA) is 39.1 Å². The number of benzene rings is 1. The van der Waals surface area contributed by atoms with E-state index in [1.54, 1.807) is 0 Å². The van der Waals surface area contributed by atoms with E-state index in [1.807, 2.05) is 13.1 Å². The molecule has 1 N–H and O–H groups in total. The van der Waals surface area contributed by atoms with Crippen molar-refractivity contribution in [1.29, 1.82) is 0 Å². The van der Waals surface area contributed by atoms with Crippen molar-refractivity contribution in [2.45, 2.75) is 6.04 Å². The number of nitrogens with zero attached hydrogens (tertiary/aromatic N) is 3. The fraction of sp³-hybridized carbons (Fsp3) is 0.462. The first-order chi connectivity index (χ1) is 8.24. The second kappa shape index (κ2) is 5.19. The fourth-order valence-corrected chi connectivity index (χ4v) is 2.26. The van der Waals surface area contributed by atoms with E-state index < -0.39 is 0 Å². The lowest BCUT2D eigenvalue weighted by Crippen LogP contribution is -2.29. The molecule has 0 aliphatic carbocycles. The second-order valence-electron chi connectivity index (χ2n) is 4.32. The summed E-state index contributed by atoms with van der Waals surface area (Å²) in [6, 6.07) is 10.8. The maximum Gasteiger partial charge on any atom is 0.196 e. The average Bonchev–Trinajstić information content (AvgIpc) is 2.64. The number of aliphatic hydroxyl groups excluding tert-OH is 1. The zero-order valence-electron chi connectivity index (χ0n) is 10.4. The smallest absolute Gasteiger partial charge is 0.196 e. The van der Waals surface area contributed by atoms with Gasteiger partial charge in [-0.15, -0.1) is 0 Å². The number of hydrogen-bond donors (Lipinski definition) is 1. The van der Waals surface area contributed by atoms with Crippen LogP contribution in [0.1, 0.15) is 11.6 Å². The van der Waals surface area contributed by atoms with Gasteiger partial charge in [0.05, 0.1) is 19.2 Å². The molecule has 1 aliphatic rings. The van der Waals surface area contributed by atoms with Crippen molar-refractivity contribution in [1.82, 2.24) is 9.80 Å². The minimum absolute atomic E-state index is 0.0984. The van der Waals surface area contributed by atoms with Crippen LogP contribution in [-0.4, -0.2) is 54.7 Å². The summed E-state index contributed by atoms with van der Waals surface area (Å²) >= 11 is 0. The Hall–Kier alpha value is -1.55. The minimum Gasteiger partial charge on any atom is -0.394 e. The lowest BCUT2D eigenvalue weighted by molar-refractivity contribution is 0.305. The van der Waals surface area contributed by atoms with Crippen molar-refractivity contribution in [2.24, 2.45) is 4.99 Å². The Morgan fingerprint density at radius 1 is 1.29 bits per heavy atom. The highest BCUT2D eigenvalue weighted by molar-refractivity contribution is 5.82. The quantitative estimate of drug-likeness (QED) is 0.845. The molecule has 0 unspecified atom stereocenters. The number of likely N-dealkylation sites (N-methyl/N-ethyl adjacent to an activating group) is 2. The van der Waals surface area contributed by atoms with Gasteiger partial charge >= 0.3 is 0 Å². The molecule has 2 rings (SSSR count). The minimum atomic E-state index is 0.0984. The monoisotopic (exact) mass is 233 g/mol. The Bertz CT molecular complexity index is 391. The highest BCUT2D eigenvalue weighted by Crippen LogP contribution is 2.26. The van der Waals surface area contributed by atoms with Gasteiger partial charge in [-0.2, -0.15) is 0 Å². The van der Waals surface area contributed by atoms with Crippen LogP contribution in [0.15, 0.2) is 35.3 Å². The Labute approximate surface area is 102 Å². The molecule has 4 nitrogen and oxygen atoms in total. The van der Waals surface area contributed by atoms with Crippen molar-refractivity contribution in [2.75, 3.05) is 33.8 Å². The molecule has 1 aromatic carbocycles. The van der Waals surface area contributed by atoms with Crippen molar-refractivity contribution in [3.63, 3.8) is 0 Å². The molecule has 0 aromatic heterocycles. The van der Waals surface area contributed by atoms with Crippen LogP contribution in [0.2, 0.25) is 0 Å². The van der Waals surface area contributed by atoms with Gasteiger partial charge in [-0.25, -0.2) is 0 Å². The highest BCUT2D eigenvalue weighted by Gasteiger charge is 2.31. The van der Waals surface area contributed by atoms with Crippen LogP contribution < -0.4 is 0 Å². The molecular formula is C13H19N3O. The van der Waals surface area contributed by atoms with Gasteiger partial charge in [0, 0.05) is 20.6 Å². The molecule has 1 aromatic rings. The van der Waals surface area contributed by atoms with E-state index in [4.69, 9.17) is 5.11 Å². The van der Waals surface area contributed by atoms with E-state index in [9.17, 15) is 0 Å². The van der Waals surface area contributed by atoms with Crippen molar-refractivity contribution in [3.05, 3.63) is 35.9 Å². The Morgan fingerprint density at radius 2 is 2.00 bits per heavy atom. The molecule has 92 valence electrons. The molecule has 4 heteroatoms. The van der Waals surface area contributed by atoms with Gasteiger partial charge in [-0.1, -0.05) is 30.3 Å². The molecular weight excluding hydrogens is 214 g/mol. The highest BCUT2D eigenvalue weighted by atomic mass is 16.3. The van der Waals surface area contributed by atoms with Crippen molar-refractivity contribution >= 4 is 5.96 Å². The maximum atomic E-state index is 8.84. The molecule has 0 bridgehead atoms. The first-order valence-electron chi connectivity index (χ1n) is 5.88. The van der Waals surface area contributed by atoms with Crippen LogP contribution in [0.3, 0.4) is 0 Å². The summed E-state index contributed by atoms with van der Waals surface area (Å²) in [5, 5.41) is 8.84. The van der Waals surface area contributed by atoms with Crippen LogP contribution in [0, 0.1) is 0 Å². The predicted octanol–water partition coefficient (Wildman–Crippen LogP) is 0.953. The summed E-state index contributed by atoms with van der Waals surface area (Å²) in [7, 11) is 4.09. The third-order valence-electron chi connectivity index (χ3n) is 3.11. The molecule has 0 spiro atoms. The number of aliphatic imine (C=N–C) groups is 1. The number of guanidine groups is 1. The third kappa shape index (κ3) is 2.42. The largest absolute Gasteiger partial charge is 0.394 e. The van der Waals surface area contributed by atoms with Crippen molar-refractivity contribution < 1.29 is 5.11 Å².